The minimum Gasteiger partial charge on any atom is -0.462 e. The van der Waals surface area contributed by atoms with E-state index >= 15 is 0 Å². The Labute approximate surface area is 213 Å². The summed E-state index contributed by atoms with van der Waals surface area (Å²) < 4.78 is 11.0. The molecule has 9 heteroatoms. The van der Waals surface area contributed by atoms with Gasteiger partial charge in [-0.2, -0.15) is 5.10 Å². The summed E-state index contributed by atoms with van der Waals surface area (Å²) in [6, 6.07) is 16.5. The normalized spacial score (nSPS) is 14.7. The lowest BCUT2D eigenvalue weighted by Gasteiger charge is -2.18. The maximum atomic E-state index is 12.6. The zero-order valence-corrected chi connectivity index (χ0v) is 20.9. The summed E-state index contributed by atoms with van der Waals surface area (Å²) in [6.07, 6.45) is 3.93. The first-order valence-electron chi connectivity index (χ1n) is 11.7. The van der Waals surface area contributed by atoms with E-state index in [2.05, 4.69) is 22.8 Å². The highest BCUT2D eigenvalue weighted by atomic mass is 32.1. The summed E-state index contributed by atoms with van der Waals surface area (Å²) in [6.45, 7) is 4.10. The summed E-state index contributed by atoms with van der Waals surface area (Å²) in [5.41, 5.74) is 4.16. The maximum Gasteiger partial charge on any atom is 0.341 e. The van der Waals surface area contributed by atoms with E-state index < -0.39 is 17.8 Å². The fourth-order valence-electron chi connectivity index (χ4n) is 3.92. The van der Waals surface area contributed by atoms with Crippen molar-refractivity contribution in [1.82, 2.24) is 5.43 Å². The fraction of sp³-hybridized carbons (Fsp3) is 0.259. The Bertz CT molecular complexity index is 1290. The number of amides is 2. The molecular weight excluding hydrogens is 478 g/mol. The molecule has 0 radical (unpaired) electrons. The second-order valence-corrected chi connectivity index (χ2v) is 9.52. The highest BCUT2D eigenvalue weighted by molar-refractivity contribution is 7.17. The van der Waals surface area contributed by atoms with E-state index in [9.17, 15) is 14.4 Å². The lowest BCUT2D eigenvalue weighted by Crippen LogP contribution is -2.32. The molecule has 4 rings (SSSR count). The number of anilines is 1. The zero-order chi connectivity index (χ0) is 25.5. The van der Waals surface area contributed by atoms with Crippen molar-refractivity contribution >= 4 is 40.3 Å². The van der Waals surface area contributed by atoms with E-state index in [0.717, 1.165) is 29.7 Å². The molecule has 1 unspecified atom stereocenters. The maximum absolute atomic E-state index is 12.6. The summed E-state index contributed by atoms with van der Waals surface area (Å²) in [4.78, 5) is 38.6. The molecule has 36 heavy (non-hydrogen) atoms. The largest absolute Gasteiger partial charge is 0.462 e. The Kier molecular flexibility index (Phi) is 8.12. The first kappa shape index (κ1) is 25.1. The molecule has 8 nitrogen and oxygen atoms in total. The van der Waals surface area contributed by atoms with Gasteiger partial charge in [0.15, 0.2) is 0 Å². The molecule has 1 aromatic heterocycles. The van der Waals surface area contributed by atoms with Crippen LogP contribution in [-0.2, 0) is 27.2 Å². The molecule has 1 aliphatic carbocycles. The third-order valence-corrected chi connectivity index (χ3v) is 6.81. The molecule has 1 heterocycles. The highest BCUT2D eigenvalue weighted by Crippen LogP contribution is 2.40. The molecule has 2 N–H and O–H groups in total. The molecular formula is C27H27N3O5S. The number of nitrogens with one attached hydrogen (secondary N) is 2. The van der Waals surface area contributed by atoms with E-state index in [1.807, 2.05) is 30.3 Å². The lowest BCUT2D eigenvalue weighted by molar-refractivity contribution is -0.136. The number of hydrogen-bond donors (Lipinski definition) is 2. The molecule has 1 atom stereocenters. The van der Waals surface area contributed by atoms with Crippen LogP contribution in [0.4, 0.5) is 5.00 Å². The van der Waals surface area contributed by atoms with Gasteiger partial charge in [-0.25, -0.2) is 10.2 Å². The summed E-state index contributed by atoms with van der Waals surface area (Å²) in [5, 5.41) is 6.80. The average Bonchev–Trinajstić information content (AvgIpc) is 3.21. The number of fused-ring (bicyclic) bond motifs is 1. The second-order valence-electron chi connectivity index (χ2n) is 8.42. The van der Waals surface area contributed by atoms with Gasteiger partial charge in [-0.3, -0.25) is 9.59 Å². The van der Waals surface area contributed by atoms with Crippen LogP contribution in [-0.4, -0.2) is 30.6 Å². The molecule has 0 bridgehead atoms. The molecule has 3 aromatic rings. The van der Waals surface area contributed by atoms with Gasteiger partial charge >= 0.3 is 17.8 Å². The topological polar surface area (TPSA) is 106 Å². The molecule has 0 spiro atoms. The number of rotatable bonds is 7. The van der Waals surface area contributed by atoms with Gasteiger partial charge in [-0.05, 0) is 67.5 Å². The molecule has 186 valence electrons. The van der Waals surface area contributed by atoms with E-state index in [4.69, 9.17) is 9.47 Å². The van der Waals surface area contributed by atoms with Gasteiger partial charge in [0.05, 0.1) is 18.4 Å². The second kappa shape index (κ2) is 11.6. The van der Waals surface area contributed by atoms with Gasteiger partial charge in [-0.15, -0.1) is 11.3 Å². The van der Waals surface area contributed by atoms with Crippen molar-refractivity contribution in [2.45, 2.75) is 33.1 Å². The molecule has 2 amide bonds. The van der Waals surface area contributed by atoms with Crippen LogP contribution in [0.2, 0.25) is 0 Å². The van der Waals surface area contributed by atoms with Crippen molar-refractivity contribution in [3.8, 4) is 11.5 Å². The zero-order valence-electron chi connectivity index (χ0n) is 20.1. The summed E-state index contributed by atoms with van der Waals surface area (Å²) in [5.74, 6) is -0.553. The first-order chi connectivity index (χ1) is 17.4. The van der Waals surface area contributed by atoms with E-state index in [1.165, 1.54) is 17.6 Å². The Morgan fingerprint density at radius 2 is 1.86 bits per heavy atom. The summed E-state index contributed by atoms with van der Waals surface area (Å²) in [7, 11) is 0. The van der Waals surface area contributed by atoms with Crippen molar-refractivity contribution in [1.29, 1.82) is 0 Å². The van der Waals surface area contributed by atoms with Crippen LogP contribution >= 0.6 is 11.3 Å². The number of para-hydroxylation sites is 1. The number of esters is 1. The van der Waals surface area contributed by atoms with E-state index in [1.54, 1.807) is 31.2 Å². The van der Waals surface area contributed by atoms with Crippen LogP contribution in [0.1, 0.15) is 46.6 Å². The number of hydrogen-bond acceptors (Lipinski definition) is 7. The predicted molar refractivity (Wildman–Crippen MR) is 139 cm³/mol. The van der Waals surface area contributed by atoms with Crippen LogP contribution in [0.5, 0.6) is 11.5 Å². The SMILES string of the molecule is CCOC(=O)c1c(NC(=O)C(=O)NN=Cc2cccc(Oc3ccccc3)c2)sc2c1CCC(C)C2. The van der Waals surface area contributed by atoms with Crippen LogP contribution < -0.4 is 15.5 Å². The highest BCUT2D eigenvalue weighted by Gasteiger charge is 2.30. The molecule has 0 aliphatic heterocycles. The Morgan fingerprint density at radius 3 is 2.64 bits per heavy atom. The van der Waals surface area contributed by atoms with Crippen LogP contribution in [0, 0.1) is 5.92 Å². The van der Waals surface area contributed by atoms with Crippen LogP contribution in [0.3, 0.4) is 0 Å². The summed E-state index contributed by atoms with van der Waals surface area (Å²) >= 11 is 1.32. The molecule has 0 fully saturated rings. The Morgan fingerprint density at radius 1 is 1.08 bits per heavy atom. The smallest absolute Gasteiger partial charge is 0.341 e. The molecule has 0 saturated heterocycles. The minimum atomic E-state index is -0.947. The van der Waals surface area contributed by atoms with Crippen molar-refractivity contribution in [2.75, 3.05) is 11.9 Å². The van der Waals surface area contributed by atoms with Gasteiger partial charge in [-0.1, -0.05) is 37.3 Å². The number of carbonyl (C=O) groups excluding carboxylic acids is 3. The number of hydrazone groups is 1. The van der Waals surface area contributed by atoms with Crippen molar-refractivity contribution < 1.29 is 23.9 Å². The van der Waals surface area contributed by atoms with Gasteiger partial charge in [0.2, 0.25) is 0 Å². The Balaban J connectivity index is 1.40. The van der Waals surface area contributed by atoms with Crippen molar-refractivity contribution in [3.05, 3.63) is 76.2 Å². The number of nitrogens with zero attached hydrogens (tertiary/aromatic N) is 1. The third-order valence-electron chi connectivity index (χ3n) is 5.64. The minimum absolute atomic E-state index is 0.222. The number of benzene rings is 2. The first-order valence-corrected chi connectivity index (χ1v) is 12.5. The number of carbonyl (C=O) groups is 3. The van der Waals surface area contributed by atoms with Crippen LogP contribution in [0.25, 0.3) is 0 Å². The van der Waals surface area contributed by atoms with Crippen molar-refractivity contribution in [3.63, 3.8) is 0 Å². The van der Waals surface area contributed by atoms with Gasteiger partial charge in [0.25, 0.3) is 0 Å². The Hall–Kier alpha value is -3.98. The van der Waals surface area contributed by atoms with E-state index in [0.29, 0.717) is 33.5 Å². The third kappa shape index (κ3) is 6.17. The monoisotopic (exact) mass is 505 g/mol. The quantitative estimate of drug-likeness (QED) is 0.205. The standard InChI is InChI=1S/C27H27N3O5S/c1-3-34-27(33)23-21-13-12-17(2)14-22(21)36-26(23)29-24(31)25(32)30-28-16-18-8-7-11-20(15-18)35-19-9-5-4-6-10-19/h4-11,15-17H,3,12-14H2,1-2H3,(H,29,31)(H,30,32). The van der Waals surface area contributed by atoms with Crippen molar-refractivity contribution in [2.24, 2.45) is 11.0 Å². The molecule has 1 aliphatic rings. The van der Waals surface area contributed by atoms with Gasteiger partial charge < -0.3 is 14.8 Å². The average molecular weight is 506 g/mol. The van der Waals surface area contributed by atoms with Gasteiger partial charge in [0.1, 0.15) is 16.5 Å². The molecule has 2 aromatic carbocycles. The number of thiophene rings is 1. The number of ether oxygens (including phenoxy) is 2. The predicted octanol–water partition coefficient (Wildman–Crippen LogP) is 4.93. The van der Waals surface area contributed by atoms with E-state index in [-0.39, 0.29) is 6.61 Å². The lowest BCUT2D eigenvalue weighted by atomic mass is 9.88. The van der Waals surface area contributed by atoms with Crippen LogP contribution in [0.15, 0.2) is 59.7 Å². The fourth-order valence-corrected chi connectivity index (χ4v) is 5.31. The van der Waals surface area contributed by atoms with Gasteiger partial charge in [0, 0.05) is 4.88 Å². The molecule has 0 saturated carbocycles.